The average molecular weight is 398 g/mol. The molecule has 2 saturated heterocycles. The number of para-hydroxylation sites is 1. The highest BCUT2D eigenvalue weighted by atomic mass is 16.3. The van der Waals surface area contributed by atoms with Crippen molar-refractivity contribution in [2.75, 3.05) is 57.3 Å². The topological polar surface area (TPSA) is 55.7 Å². The smallest absolute Gasteiger partial charge is 0.122 e. The second-order valence-corrected chi connectivity index (χ2v) is 8.29. The summed E-state index contributed by atoms with van der Waals surface area (Å²) in [7, 11) is 0. The van der Waals surface area contributed by atoms with Crippen molar-refractivity contribution >= 4 is 5.69 Å². The molecule has 6 heteroatoms. The van der Waals surface area contributed by atoms with Crippen LogP contribution in [0.25, 0.3) is 0 Å². The summed E-state index contributed by atoms with van der Waals surface area (Å²) < 4.78 is 5.81. The zero-order valence-electron chi connectivity index (χ0n) is 17.6. The zero-order valence-corrected chi connectivity index (χ0v) is 17.6. The number of nitrogens with zero attached hydrogens (tertiary/aromatic N) is 2. The van der Waals surface area contributed by atoms with Gasteiger partial charge in [-0.05, 0) is 57.1 Å². The highest BCUT2D eigenvalue weighted by Gasteiger charge is 2.30. The fourth-order valence-corrected chi connectivity index (χ4v) is 4.39. The molecule has 2 fully saturated rings. The molecule has 1 aromatic carbocycles. The van der Waals surface area contributed by atoms with E-state index in [0.717, 1.165) is 44.2 Å². The Labute approximate surface area is 174 Å². The Hall–Kier alpha value is -1.86. The van der Waals surface area contributed by atoms with Crippen LogP contribution < -0.4 is 21.1 Å². The van der Waals surface area contributed by atoms with E-state index < -0.39 is 0 Å². The second kappa shape index (κ2) is 10.3. The minimum absolute atomic E-state index is 0.261. The zero-order chi connectivity index (χ0) is 19.9. The van der Waals surface area contributed by atoms with Gasteiger partial charge in [-0.3, -0.25) is 10.3 Å². The van der Waals surface area contributed by atoms with Gasteiger partial charge in [-0.2, -0.15) is 0 Å². The molecule has 2 aliphatic rings. The largest absolute Gasteiger partial charge is 0.465 e. The van der Waals surface area contributed by atoms with Crippen molar-refractivity contribution in [3.8, 4) is 0 Å². The lowest BCUT2D eigenvalue weighted by Crippen LogP contribution is -2.46. The SMILES string of the molecule is Cc1ccc(C2NNCC2CNCCCCN2CCN(c3ccccc3)CC2)o1. The first-order chi connectivity index (χ1) is 14.3. The molecule has 0 radical (unpaired) electrons. The van der Waals surface area contributed by atoms with Crippen LogP contribution in [0.4, 0.5) is 5.69 Å². The van der Waals surface area contributed by atoms with Crippen LogP contribution in [0.5, 0.6) is 0 Å². The van der Waals surface area contributed by atoms with Gasteiger partial charge in [0, 0.05) is 50.9 Å². The maximum Gasteiger partial charge on any atom is 0.122 e. The van der Waals surface area contributed by atoms with E-state index in [4.69, 9.17) is 4.42 Å². The summed E-state index contributed by atoms with van der Waals surface area (Å²) in [4.78, 5) is 5.11. The lowest BCUT2D eigenvalue weighted by atomic mass is 10.00. The number of anilines is 1. The molecular formula is C23H35N5O. The Balaban J connectivity index is 1.08. The van der Waals surface area contributed by atoms with Gasteiger partial charge >= 0.3 is 0 Å². The fourth-order valence-electron chi connectivity index (χ4n) is 4.39. The molecule has 2 aliphatic heterocycles. The minimum Gasteiger partial charge on any atom is -0.465 e. The molecule has 29 heavy (non-hydrogen) atoms. The summed E-state index contributed by atoms with van der Waals surface area (Å²) in [5, 5.41) is 3.65. The molecule has 2 aromatic rings. The van der Waals surface area contributed by atoms with Crippen LogP contribution in [-0.4, -0.2) is 57.3 Å². The third-order valence-electron chi connectivity index (χ3n) is 6.14. The van der Waals surface area contributed by atoms with Crippen molar-refractivity contribution in [1.29, 1.82) is 0 Å². The number of nitrogens with one attached hydrogen (secondary N) is 3. The van der Waals surface area contributed by atoms with Crippen LogP contribution in [0.3, 0.4) is 0 Å². The molecule has 4 rings (SSSR count). The molecule has 6 nitrogen and oxygen atoms in total. The number of rotatable bonds is 9. The maximum atomic E-state index is 5.81. The monoisotopic (exact) mass is 397 g/mol. The highest BCUT2D eigenvalue weighted by Crippen LogP contribution is 2.25. The molecule has 3 N–H and O–H groups in total. The molecule has 2 unspecified atom stereocenters. The van der Waals surface area contributed by atoms with Gasteiger partial charge in [0.25, 0.3) is 0 Å². The van der Waals surface area contributed by atoms with Crippen molar-refractivity contribution in [3.63, 3.8) is 0 Å². The van der Waals surface area contributed by atoms with Crippen LogP contribution in [0.15, 0.2) is 46.9 Å². The molecule has 0 spiro atoms. The lowest BCUT2D eigenvalue weighted by Gasteiger charge is -2.36. The number of hydrogen-bond donors (Lipinski definition) is 3. The Morgan fingerprint density at radius 1 is 1.03 bits per heavy atom. The number of aryl methyl sites for hydroxylation is 1. The molecular weight excluding hydrogens is 362 g/mol. The van der Waals surface area contributed by atoms with Gasteiger partial charge < -0.3 is 14.6 Å². The normalized spacial score (nSPS) is 23.0. The maximum absolute atomic E-state index is 5.81. The summed E-state index contributed by atoms with van der Waals surface area (Å²) in [6.07, 6.45) is 2.50. The van der Waals surface area contributed by atoms with E-state index in [1.165, 1.54) is 38.2 Å². The standard InChI is InChI=1S/C23H35N5O/c1-19-9-10-22(29-19)23-20(18-25-26-23)17-24-11-5-6-12-27-13-15-28(16-14-27)21-7-3-2-4-8-21/h2-4,7-10,20,23-26H,5-6,11-18H2,1H3. The van der Waals surface area contributed by atoms with Crippen LogP contribution in [0.1, 0.15) is 30.4 Å². The Kier molecular flexibility index (Phi) is 7.22. The predicted molar refractivity (Wildman–Crippen MR) is 118 cm³/mol. The van der Waals surface area contributed by atoms with Crippen LogP contribution >= 0.6 is 0 Å². The van der Waals surface area contributed by atoms with E-state index in [2.05, 4.69) is 62.4 Å². The van der Waals surface area contributed by atoms with Gasteiger partial charge in [-0.25, -0.2) is 5.43 Å². The van der Waals surface area contributed by atoms with Gasteiger partial charge in [0.15, 0.2) is 0 Å². The van der Waals surface area contributed by atoms with E-state index in [1.807, 2.05) is 13.0 Å². The summed E-state index contributed by atoms with van der Waals surface area (Å²) in [6, 6.07) is 15.2. The minimum atomic E-state index is 0.261. The first-order valence-electron chi connectivity index (χ1n) is 11.1. The summed E-state index contributed by atoms with van der Waals surface area (Å²) in [5.41, 5.74) is 7.99. The Morgan fingerprint density at radius 2 is 1.86 bits per heavy atom. The number of hydrazine groups is 1. The first-order valence-corrected chi connectivity index (χ1v) is 11.1. The third kappa shape index (κ3) is 5.60. The van der Waals surface area contributed by atoms with Gasteiger partial charge in [-0.15, -0.1) is 0 Å². The second-order valence-electron chi connectivity index (χ2n) is 8.29. The molecule has 0 saturated carbocycles. The fraction of sp³-hybridized carbons (Fsp3) is 0.565. The molecule has 1 aromatic heterocycles. The van der Waals surface area contributed by atoms with Crippen molar-refractivity contribution < 1.29 is 4.42 Å². The van der Waals surface area contributed by atoms with E-state index in [0.29, 0.717) is 5.92 Å². The van der Waals surface area contributed by atoms with Gasteiger partial charge in [0.1, 0.15) is 11.5 Å². The lowest BCUT2D eigenvalue weighted by molar-refractivity contribution is 0.252. The highest BCUT2D eigenvalue weighted by molar-refractivity contribution is 5.46. The number of unbranched alkanes of at least 4 members (excludes halogenated alkanes) is 1. The summed E-state index contributed by atoms with van der Waals surface area (Å²) in [6.45, 7) is 10.9. The first kappa shape index (κ1) is 20.4. The molecule has 0 aliphatic carbocycles. The van der Waals surface area contributed by atoms with E-state index >= 15 is 0 Å². The third-order valence-corrected chi connectivity index (χ3v) is 6.14. The van der Waals surface area contributed by atoms with Gasteiger partial charge in [-0.1, -0.05) is 18.2 Å². The van der Waals surface area contributed by atoms with Crippen LogP contribution in [0, 0.1) is 12.8 Å². The molecule has 0 amide bonds. The summed E-state index contributed by atoms with van der Waals surface area (Å²) >= 11 is 0. The average Bonchev–Trinajstić information content (AvgIpc) is 3.40. The molecule has 3 heterocycles. The quantitative estimate of drug-likeness (QED) is 0.566. The Morgan fingerprint density at radius 3 is 2.62 bits per heavy atom. The van der Waals surface area contributed by atoms with Gasteiger partial charge in [0.2, 0.25) is 0 Å². The van der Waals surface area contributed by atoms with Crippen molar-refractivity contribution in [2.45, 2.75) is 25.8 Å². The number of benzene rings is 1. The predicted octanol–water partition coefficient (Wildman–Crippen LogP) is 2.55. The summed E-state index contributed by atoms with van der Waals surface area (Å²) in [5.74, 6) is 2.53. The van der Waals surface area contributed by atoms with Gasteiger partial charge in [0.05, 0.1) is 6.04 Å². The molecule has 158 valence electrons. The van der Waals surface area contributed by atoms with Crippen LogP contribution in [-0.2, 0) is 0 Å². The number of furan rings is 1. The van der Waals surface area contributed by atoms with Crippen molar-refractivity contribution in [1.82, 2.24) is 21.1 Å². The number of piperazine rings is 1. The van der Waals surface area contributed by atoms with Crippen LogP contribution in [0.2, 0.25) is 0 Å². The van der Waals surface area contributed by atoms with E-state index in [1.54, 1.807) is 0 Å². The molecule has 2 atom stereocenters. The van der Waals surface area contributed by atoms with E-state index in [-0.39, 0.29) is 6.04 Å². The van der Waals surface area contributed by atoms with Crippen molar-refractivity contribution in [2.24, 2.45) is 5.92 Å². The number of hydrogen-bond acceptors (Lipinski definition) is 6. The van der Waals surface area contributed by atoms with Crippen molar-refractivity contribution in [3.05, 3.63) is 54.0 Å². The van der Waals surface area contributed by atoms with E-state index in [9.17, 15) is 0 Å². The molecule has 0 bridgehead atoms. The Bertz CT molecular complexity index is 726.